The maximum absolute atomic E-state index is 2.26. The topological polar surface area (TPSA) is 3.24 Å². The zero-order valence-electron chi connectivity index (χ0n) is 8.40. The van der Waals surface area contributed by atoms with Crippen molar-refractivity contribution < 1.29 is 0 Å². The second kappa shape index (κ2) is 5.55. The van der Waals surface area contributed by atoms with E-state index in [2.05, 4.69) is 55.3 Å². The highest BCUT2D eigenvalue weighted by molar-refractivity contribution is 5.48. The zero-order valence-corrected chi connectivity index (χ0v) is 8.40. The predicted molar refractivity (Wildman–Crippen MR) is 58.6 cm³/mol. The van der Waals surface area contributed by atoms with Crippen LogP contribution in [0.5, 0.6) is 0 Å². The van der Waals surface area contributed by atoms with Gasteiger partial charge in [-0.15, -0.1) is 0 Å². The molecule has 1 heteroatoms. The van der Waals surface area contributed by atoms with E-state index in [9.17, 15) is 0 Å². The van der Waals surface area contributed by atoms with Gasteiger partial charge in [-0.1, -0.05) is 49.4 Å². The monoisotopic (exact) mass is 175 g/mol. The van der Waals surface area contributed by atoms with Crippen LogP contribution >= 0.6 is 0 Å². The molecule has 0 spiro atoms. The molecule has 1 nitrogen and oxygen atoms in total. The van der Waals surface area contributed by atoms with Gasteiger partial charge in [-0.2, -0.15) is 0 Å². The van der Waals surface area contributed by atoms with Gasteiger partial charge in [-0.25, -0.2) is 0 Å². The average Bonchev–Trinajstić information content (AvgIpc) is 2.19. The minimum atomic E-state index is 1.02. The maximum Gasteiger partial charge on any atom is 0.0163 e. The molecule has 0 saturated heterocycles. The molecule has 0 fully saturated rings. The molecular weight excluding hydrogens is 158 g/mol. The molecule has 1 rings (SSSR count). The number of likely N-dealkylation sites (N-methyl/N-ethyl adjacent to an activating group) is 1. The van der Waals surface area contributed by atoms with Crippen LogP contribution in [-0.2, 0) is 0 Å². The summed E-state index contributed by atoms with van der Waals surface area (Å²) in [5, 5.41) is 0. The Balaban J connectivity index is 2.41. The normalized spacial score (nSPS) is 11.3. The Bertz CT molecular complexity index is 251. The third-order valence-corrected chi connectivity index (χ3v) is 2.07. The van der Waals surface area contributed by atoms with Gasteiger partial charge in [0.1, 0.15) is 0 Å². The standard InChI is InChI=1S/C12H17N/c1-3-13(2)11-7-10-12-8-5-4-6-9-12/h4-10H,3,11H2,1-2H3. The Hall–Kier alpha value is -1.08. The Morgan fingerprint density at radius 3 is 2.54 bits per heavy atom. The predicted octanol–water partition coefficient (Wildman–Crippen LogP) is 2.65. The molecule has 0 saturated carbocycles. The molecule has 0 aliphatic heterocycles. The molecule has 0 amide bonds. The van der Waals surface area contributed by atoms with E-state index >= 15 is 0 Å². The Kier molecular flexibility index (Phi) is 4.27. The molecule has 0 radical (unpaired) electrons. The van der Waals surface area contributed by atoms with Gasteiger partial charge in [0.25, 0.3) is 0 Å². The van der Waals surface area contributed by atoms with Crippen LogP contribution in [0.15, 0.2) is 36.4 Å². The van der Waals surface area contributed by atoms with Crippen molar-refractivity contribution in [2.24, 2.45) is 0 Å². The lowest BCUT2D eigenvalue weighted by Gasteiger charge is -2.09. The number of hydrogen-bond acceptors (Lipinski definition) is 1. The first kappa shape index (κ1) is 10.0. The van der Waals surface area contributed by atoms with Crippen LogP contribution in [0.3, 0.4) is 0 Å². The minimum Gasteiger partial charge on any atom is -0.303 e. The van der Waals surface area contributed by atoms with Crippen molar-refractivity contribution in [2.45, 2.75) is 6.92 Å². The smallest absolute Gasteiger partial charge is 0.0163 e. The second-order valence-corrected chi connectivity index (χ2v) is 3.17. The quantitative estimate of drug-likeness (QED) is 0.680. The van der Waals surface area contributed by atoms with Crippen LogP contribution < -0.4 is 0 Å². The molecule has 70 valence electrons. The second-order valence-electron chi connectivity index (χ2n) is 3.17. The van der Waals surface area contributed by atoms with Crippen LogP contribution in [0.1, 0.15) is 12.5 Å². The summed E-state index contributed by atoms with van der Waals surface area (Å²) in [6.45, 7) is 4.28. The third-order valence-electron chi connectivity index (χ3n) is 2.07. The highest BCUT2D eigenvalue weighted by atomic mass is 15.1. The fourth-order valence-electron chi connectivity index (χ4n) is 1.06. The molecule has 0 bridgehead atoms. The molecule has 0 N–H and O–H groups in total. The maximum atomic E-state index is 2.26. The summed E-state index contributed by atoms with van der Waals surface area (Å²) < 4.78 is 0. The molecule has 0 atom stereocenters. The molecule has 0 aliphatic rings. The fourth-order valence-corrected chi connectivity index (χ4v) is 1.06. The van der Waals surface area contributed by atoms with Gasteiger partial charge in [0, 0.05) is 6.54 Å². The number of rotatable bonds is 4. The summed E-state index contributed by atoms with van der Waals surface area (Å²) in [4.78, 5) is 2.26. The first-order chi connectivity index (χ1) is 6.33. The highest BCUT2D eigenvalue weighted by Crippen LogP contribution is 2.00. The van der Waals surface area contributed by atoms with Crippen molar-refractivity contribution in [1.29, 1.82) is 0 Å². The van der Waals surface area contributed by atoms with Crippen molar-refractivity contribution >= 4 is 6.08 Å². The number of hydrogen-bond donors (Lipinski definition) is 0. The van der Waals surface area contributed by atoms with E-state index in [1.54, 1.807) is 0 Å². The van der Waals surface area contributed by atoms with Crippen molar-refractivity contribution in [3.63, 3.8) is 0 Å². The molecule has 0 heterocycles. The van der Waals surface area contributed by atoms with Crippen molar-refractivity contribution in [3.8, 4) is 0 Å². The van der Waals surface area contributed by atoms with Gasteiger partial charge in [0.2, 0.25) is 0 Å². The van der Waals surface area contributed by atoms with E-state index in [1.165, 1.54) is 5.56 Å². The zero-order chi connectivity index (χ0) is 9.52. The van der Waals surface area contributed by atoms with Crippen LogP contribution in [0.2, 0.25) is 0 Å². The minimum absolute atomic E-state index is 1.02. The van der Waals surface area contributed by atoms with Gasteiger partial charge in [-0.05, 0) is 19.2 Å². The molecule has 0 aromatic heterocycles. The third kappa shape index (κ3) is 3.90. The SMILES string of the molecule is CCN(C)CC=Cc1ccccc1. The summed E-state index contributed by atoms with van der Waals surface area (Å²) >= 11 is 0. The van der Waals surface area contributed by atoms with Crippen molar-refractivity contribution in [3.05, 3.63) is 42.0 Å². The average molecular weight is 175 g/mol. The van der Waals surface area contributed by atoms with Gasteiger partial charge < -0.3 is 4.90 Å². The van der Waals surface area contributed by atoms with E-state index in [4.69, 9.17) is 0 Å². The lowest BCUT2D eigenvalue weighted by Crippen LogP contribution is -2.16. The number of nitrogens with zero attached hydrogens (tertiary/aromatic N) is 1. The van der Waals surface area contributed by atoms with Crippen LogP contribution in [0.25, 0.3) is 6.08 Å². The lowest BCUT2D eigenvalue weighted by atomic mass is 10.2. The van der Waals surface area contributed by atoms with E-state index in [1.807, 2.05) is 6.07 Å². The lowest BCUT2D eigenvalue weighted by molar-refractivity contribution is 0.393. The summed E-state index contributed by atoms with van der Waals surface area (Å²) in [5.41, 5.74) is 1.27. The summed E-state index contributed by atoms with van der Waals surface area (Å²) in [6.07, 6.45) is 4.35. The Morgan fingerprint density at radius 2 is 1.92 bits per heavy atom. The van der Waals surface area contributed by atoms with Crippen LogP contribution in [-0.4, -0.2) is 25.0 Å². The van der Waals surface area contributed by atoms with Crippen LogP contribution in [0, 0.1) is 0 Å². The fraction of sp³-hybridized carbons (Fsp3) is 0.333. The first-order valence-electron chi connectivity index (χ1n) is 4.73. The number of benzene rings is 1. The summed E-state index contributed by atoms with van der Waals surface area (Å²) in [5.74, 6) is 0. The van der Waals surface area contributed by atoms with Gasteiger partial charge in [0.15, 0.2) is 0 Å². The molecule has 13 heavy (non-hydrogen) atoms. The Morgan fingerprint density at radius 1 is 1.23 bits per heavy atom. The Labute approximate surface area is 80.7 Å². The van der Waals surface area contributed by atoms with Crippen molar-refractivity contribution in [2.75, 3.05) is 20.1 Å². The summed E-state index contributed by atoms with van der Waals surface area (Å²) in [6, 6.07) is 10.4. The van der Waals surface area contributed by atoms with Crippen molar-refractivity contribution in [1.82, 2.24) is 4.90 Å². The van der Waals surface area contributed by atoms with Crippen LogP contribution in [0.4, 0.5) is 0 Å². The first-order valence-corrected chi connectivity index (χ1v) is 4.73. The highest BCUT2D eigenvalue weighted by Gasteiger charge is 1.88. The van der Waals surface area contributed by atoms with Gasteiger partial charge in [-0.3, -0.25) is 0 Å². The van der Waals surface area contributed by atoms with Gasteiger partial charge in [0.05, 0.1) is 0 Å². The van der Waals surface area contributed by atoms with E-state index < -0.39 is 0 Å². The summed E-state index contributed by atoms with van der Waals surface area (Å²) in [7, 11) is 2.12. The largest absolute Gasteiger partial charge is 0.303 e. The molecule has 1 aromatic rings. The van der Waals surface area contributed by atoms with Gasteiger partial charge >= 0.3 is 0 Å². The molecule has 0 aliphatic carbocycles. The molecular formula is C12H17N. The van der Waals surface area contributed by atoms with E-state index in [0.717, 1.165) is 13.1 Å². The molecule has 1 aromatic carbocycles. The van der Waals surface area contributed by atoms with E-state index in [-0.39, 0.29) is 0 Å². The molecule has 0 unspecified atom stereocenters. The van der Waals surface area contributed by atoms with E-state index in [0.29, 0.717) is 0 Å².